The highest BCUT2D eigenvalue weighted by Gasteiger charge is 2.11. The minimum absolute atomic E-state index is 0.0394. The SMILES string of the molecule is CC(CNC(=O)NCCC(N)=O)C(=O)O. The fraction of sp³-hybridized carbons (Fsp3) is 0.625. The van der Waals surface area contributed by atoms with Gasteiger partial charge in [-0.25, -0.2) is 4.79 Å². The second-order valence-corrected chi connectivity index (χ2v) is 3.09. The number of nitrogens with one attached hydrogen (secondary N) is 2. The van der Waals surface area contributed by atoms with E-state index in [1.54, 1.807) is 0 Å². The van der Waals surface area contributed by atoms with Crippen molar-refractivity contribution in [2.24, 2.45) is 11.7 Å². The molecule has 0 saturated carbocycles. The highest BCUT2D eigenvalue weighted by Crippen LogP contribution is 1.90. The molecule has 1 unspecified atom stereocenters. The zero-order valence-corrected chi connectivity index (χ0v) is 8.45. The van der Waals surface area contributed by atoms with Crippen molar-refractivity contribution in [2.75, 3.05) is 13.1 Å². The van der Waals surface area contributed by atoms with E-state index >= 15 is 0 Å². The molecule has 0 spiro atoms. The lowest BCUT2D eigenvalue weighted by molar-refractivity contribution is -0.140. The van der Waals surface area contributed by atoms with Gasteiger partial charge in [0.15, 0.2) is 0 Å². The Bertz CT molecular complexity index is 254. The molecule has 0 aliphatic carbocycles. The predicted molar refractivity (Wildman–Crippen MR) is 52.0 cm³/mol. The summed E-state index contributed by atoms with van der Waals surface area (Å²) in [5.74, 6) is -2.13. The first-order valence-electron chi connectivity index (χ1n) is 4.46. The average molecular weight is 217 g/mol. The molecule has 0 fully saturated rings. The van der Waals surface area contributed by atoms with Crippen LogP contribution in [0.15, 0.2) is 0 Å². The van der Waals surface area contributed by atoms with E-state index in [-0.39, 0.29) is 19.5 Å². The van der Waals surface area contributed by atoms with Gasteiger partial charge in [-0.3, -0.25) is 9.59 Å². The number of carbonyl (C=O) groups is 3. The zero-order valence-electron chi connectivity index (χ0n) is 8.45. The van der Waals surface area contributed by atoms with E-state index in [4.69, 9.17) is 10.8 Å². The van der Waals surface area contributed by atoms with Crippen molar-refractivity contribution in [1.29, 1.82) is 0 Å². The Labute approximate surface area is 87.0 Å². The van der Waals surface area contributed by atoms with E-state index in [1.165, 1.54) is 6.92 Å². The van der Waals surface area contributed by atoms with E-state index in [2.05, 4.69) is 10.6 Å². The molecule has 0 saturated heterocycles. The molecule has 0 radical (unpaired) electrons. The van der Waals surface area contributed by atoms with Crippen LogP contribution in [0.2, 0.25) is 0 Å². The van der Waals surface area contributed by atoms with Gasteiger partial charge in [0.2, 0.25) is 5.91 Å². The molecule has 7 heteroatoms. The van der Waals surface area contributed by atoms with Gasteiger partial charge in [-0.1, -0.05) is 6.92 Å². The van der Waals surface area contributed by atoms with Crippen molar-refractivity contribution in [3.63, 3.8) is 0 Å². The molecular formula is C8H15N3O4. The van der Waals surface area contributed by atoms with Gasteiger partial charge in [-0.2, -0.15) is 0 Å². The smallest absolute Gasteiger partial charge is 0.314 e. The fourth-order valence-corrected chi connectivity index (χ4v) is 0.695. The lowest BCUT2D eigenvalue weighted by Crippen LogP contribution is -2.40. The maximum absolute atomic E-state index is 11.0. The van der Waals surface area contributed by atoms with Crippen LogP contribution in [0.25, 0.3) is 0 Å². The fourth-order valence-electron chi connectivity index (χ4n) is 0.695. The van der Waals surface area contributed by atoms with Crippen LogP contribution >= 0.6 is 0 Å². The number of aliphatic carboxylic acids is 1. The second kappa shape index (κ2) is 6.63. The maximum atomic E-state index is 11.0. The molecule has 0 heterocycles. The Morgan fingerprint density at radius 2 is 1.93 bits per heavy atom. The topological polar surface area (TPSA) is 122 Å². The summed E-state index contributed by atoms with van der Waals surface area (Å²) < 4.78 is 0. The van der Waals surface area contributed by atoms with Gasteiger partial charge in [0.1, 0.15) is 0 Å². The first kappa shape index (κ1) is 13.2. The number of carbonyl (C=O) groups excluding carboxylic acids is 2. The van der Waals surface area contributed by atoms with Gasteiger partial charge in [0, 0.05) is 19.5 Å². The lowest BCUT2D eigenvalue weighted by atomic mass is 10.2. The van der Waals surface area contributed by atoms with Crippen LogP contribution in [0.5, 0.6) is 0 Å². The van der Waals surface area contributed by atoms with E-state index in [1.807, 2.05) is 0 Å². The molecule has 5 N–H and O–H groups in total. The molecule has 86 valence electrons. The van der Waals surface area contributed by atoms with E-state index in [0.29, 0.717) is 0 Å². The summed E-state index contributed by atoms with van der Waals surface area (Å²) in [6.45, 7) is 1.66. The highest BCUT2D eigenvalue weighted by atomic mass is 16.4. The molecule has 0 bridgehead atoms. The quantitative estimate of drug-likeness (QED) is 0.450. The van der Waals surface area contributed by atoms with Crippen molar-refractivity contribution >= 4 is 17.9 Å². The number of primary amides is 1. The zero-order chi connectivity index (χ0) is 11.8. The number of nitrogens with two attached hydrogens (primary N) is 1. The van der Waals surface area contributed by atoms with Crippen LogP contribution in [0.1, 0.15) is 13.3 Å². The molecular weight excluding hydrogens is 202 g/mol. The molecule has 0 aliphatic rings. The molecule has 3 amide bonds. The molecule has 0 rings (SSSR count). The number of carboxylic acids is 1. The summed E-state index contributed by atoms with van der Waals surface area (Å²) in [5.41, 5.74) is 4.85. The van der Waals surface area contributed by atoms with Crippen LogP contribution in [-0.4, -0.2) is 36.1 Å². The van der Waals surface area contributed by atoms with Crippen molar-refractivity contribution in [2.45, 2.75) is 13.3 Å². The number of amides is 3. The van der Waals surface area contributed by atoms with Crippen molar-refractivity contribution in [3.05, 3.63) is 0 Å². The lowest BCUT2D eigenvalue weighted by Gasteiger charge is -2.09. The summed E-state index contributed by atoms with van der Waals surface area (Å²) >= 11 is 0. The molecule has 15 heavy (non-hydrogen) atoms. The summed E-state index contributed by atoms with van der Waals surface area (Å²) in [6.07, 6.45) is 0.0574. The molecule has 7 nitrogen and oxygen atoms in total. The van der Waals surface area contributed by atoms with Gasteiger partial charge in [-0.05, 0) is 0 Å². The minimum Gasteiger partial charge on any atom is -0.481 e. The number of carboxylic acid groups (broad SMARTS) is 1. The average Bonchev–Trinajstić information content (AvgIpc) is 2.13. The van der Waals surface area contributed by atoms with Gasteiger partial charge in [0.05, 0.1) is 5.92 Å². The van der Waals surface area contributed by atoms with Crippen molar-refractivity contribution in [1.82, 2.24) is 10.6 Å². The summed E-state index contributed by atoms with van der Waals surface area (Å²) in [6, 6.07) is -0.510. The third-order valence-electron chi connectivity index (χ3n) is 1.65. The number of hydrogen-bond acceptors (Lipinski definition) is 3. The largest absolute Gasteiger partial charge is 0.481 e. The van der Waals surface area contributed by atoms with E-state index < -0.39 is 23.8 Å². The van der Waals surface area contributed by atoms with Gasteiger partial charge in [-0.15, -0.1) is 0 Å². The number of urea groups is 1. The van der Waals surface area contributed by atoms with Gasteiger partial charge in [0.25, 0.3) is 0 Å². The second-order valence-electron chi connectivity index (χ2n) is 3.09. The first-order chi connectivity index (χ1) is 6.93. The molecule has 0 aromatic heterocycles. The summed E-state index contributed by atoms with van der Waals surface area (Å²) in [5, 5.41) is 13.2. The van der Waals surface area contributed by atoms with Crippen molar-refractivity contribution in [3.8, 4) is 0 Å². The van der Waals surface area contributed by atoms with Crippen LogP contribution in [0, 0.1) is 5.92 Å². The van der Waals surface area contributed by atoms with Gasteiger partial charge >= 0.3 is 12.0 Å². The number of rotatable bonds is 6. The molecule has 0 aromatic rings. The third-order valence-corrected chi connectivity index (χ3v) is 1.65. The van der Waals surface area contributed by atoms with Gasteiger partial charge < -0.3 is 21.5 Å². The number of hydrogen-bond donors (Lipinski definition) is 4. The molecule has 1 atom stereocenters. The van der Waals surface area contributed by atoms with Crippen LogP contribution in [0.4, 0.5) is 4.79 Å². The third kappa shape index (κ3) is 7.29. The molecule has 0 aromatic carbocycles. The maximum Gasteiger partial charge on any atom is 0.314 e. The van der Waals surface area contributed by atoms with Crippen molar-refractivity contribution < 1.29 is 19.5 Å². The predicted octanol–water partition coefficient (Wildman–Crippen LogP) is -1.12. The minimum atomic E-state index is -0.979. The molecule has 0 aliphatic heterocycles. The first-order valence-corrected chi connectivity index (χ1v) is 4.46. The Balaban J connectivity index is 3.57. The van der Waals surface area contributed by atoms with Crippen LogP contribution < -0.4 is 16.4 Å². The Kier molecular flexibility index (Phi) is 5.84. The summed E-state index contributed by atoms with van der Waals surface area (Å²) in [7, 11) is 0. The Morgan fingerprint density at radius 1 is 1.33 bits per heavy atom. The standard InChI is InChI=1S/C8H15N3O4/c1-5(7(13)14)4-11-8(15)10-3-2-6(9)12/h5H,2-4H2,1H3,(H2,9,12)(H,13,14)(H2,10,11,15). The Hall–Kier alpha value is -1.79. The monoisotopic (exact) mass is 217 g/mol. The van der Waals surface area contributed by atoms with E-state index in [0.717, 1.165) is 0 Å². The normalized spacial score (nSPS) is 11.5. The van der Waals surface area contributed by atoms with Crippen LogP contribution in [-0.2, 0) is 9.59 Å². The Morgan fingerprint density at radius 3 is 2.40 bits per heavy atom. The summed E-state index contributed by atoms with van der Waals surface area (Å²) in [4.78, 5) is 31.7. The highest BCUT2D eigenvalue weighted by molar-refractivity contribution is 5.77. The van der Waals surface area contributed by atoms with Crippen LogP contribution in [0.3, 0.4) is 0 Å². The van der Waals surface area contributed by atoms with E-state index in [9.17, 15) is 14.4 Å².